The lowest BCUT2D eigenvalue weighted by Crippen LogP contribution is -2.49. The summed E-state index contributed by atoms with van der Waals surface area (Å²) in [6, 6.07) is 2.34. The predicted molar refractivity (Wildman–Crippen MR) is 84.2 cm³/mol. The Bertz CT molecular complexity index is 704. The number of pyridine rings is 1. The summed E-state index contributed by atoms with van der Waals surface area (Å²) in [6.45, 7) is 0.999. The largest absolute Gasteiger partial charge is 0.433 e. The van der Waals surface area contributed by atoms with Gasteiger partial charge in [0.2, 0.25) is 10.0 Å². The van der Waals surface area contributed by atoms with Gasteiger partial charge in [-0.25, -0.2) is 8.42 Å². The van der Waals surface area contributed by atoms with Crippen LogP contribution < -0.4 is 4.90 Å². The molecule has 0 bridgehead atoms. The Morgan fingerprint density at radius 2 is 2.00 bits per heavy atom. The predicted octanol–water partition coefficient (Wildman–Crippen LogP) is 2.49. The molecule has 1 aliphatic carbocycles. The van der Waals surface area contributed by atoms with Gasteiger partial charge in [0, 0.05) is 38.1 Å². The molecule has 1 atom stereocenters. The summed E-state index contributed by atoms with van der Waals surface area (Å²) in [5.41, 5.74) is -0.500. The fraction of sp³-hybridized carbons (Fsp3) is 0.667. The average molecular weight is 363 g/mol. The van der Waals surface area contributed by atoms with Gasteiger partial charge in [-0.1, -0.05) is 0 Å². The van der Waals surface area contributed by atoms with Crippen LogP contribution in [0.25, 0.3) is 0 Å². The molecule has 0 spiro atoms. The first-order chi connectivity index (χ1) is 11.2. The lowest BCUT2D eigenvalue weighted by atomic mass is 10.1. The van der Waals surface area contributed by atoms with Crippen LogP contribution in [0.1, 0.15) is 31.4 Å². The van der Waals surface area contributed by atoms with E-state index in [0.29, 0.717) is 31.6 Å². The van der Waals surface area contributed by atoms with E-state index in [1.54, 1.807) is 7.05 Å². The van der Waals surface area contributed by atoms with Crippen molar-refractivity contribution in [3.05, 3.63) is 24.0 Å². The summed E-state index contributed by atoms with van der Waals surface area (Å²) in [4.78, 5) is 5.18. The van der Waals surface area contributed by atoms with Crippen molar-refractivity contribution < 1.29 is 21.6 Å². The molecule has 1 unspecified atom stereocenters. The molecule has 1 saturated heterocycles. The number of halogens is 3. The monoisotopic (exact) mass is 363 g/mol. The van der Waals surface area contributed by atoms with Gasteiger partial charge in [-0.15, -0.1) is 0 Å². The van der Waals surface area contributed by atoms with Crippen molar-refractivity contribution in [1.82, 2.24) is 9.29 Å². The van der Waals surface area contributed by atoms with Crippen molar-refractivity contribution in [2.45, 2.75) is 43.2 Å². The first kappa shape index (κ1) is 17.5. The number of hydrogen-bond acceptors (Lipinski definition) is 4. The van der Waals surface area contributed by atoms with Crippen LogP contribution in [0, 0.1) is 0 Å². The van der Waals surface area contributed by atoms with E-state index in [1.165, 1.54) is 10.4 Å². The van der Waals surface area contributed by atoms with Crippen LogP contribution in [-0.2, 0) is 16.2 Å². The van der Waals surface area contributed by atoms with Crippen molar-refractivity contribution in [1.29, 1.82) is 0 Å². The maximum atomic E-state index is 12.8. The van der Waals surface area contributed by atoms with Crippen LogP contribution in [0.15, 0.2) is 18.3 Å². The molecular formula is C15H20F3N3O2S. The Labute approximate surface area is 139 Å². The zero-order chi connectivity index (χ0) is 17.5. The summed E-state index contributed by atoms with van der Waals surface area (Å²) in [5.74, 6) is 0. The van der Waals surface area contributed by atoms with Crippen LogP contribution in [0.5, 0.6) is 0 Å². The molecule has 2 aliphatic rings. The second kappa shape index (κ2) is 6.18. The molecule has 0 amide bonds. The molecule has 134 valence electrons. The van der Waals surface area contributed by atoms with E-state index in [9.17, 15) is 21.6 Å². The van der Waals surface area contributed by atoms with Crippen molar-refractivity contribution in [3.63, 3.8) is 0 Å². The van der Waals surface area contributed by atoms with E-state index in [-0.39, 0.29) is 11.3 Å². The Morgan fingerprint density at radius 3 is 2.62 bits per heavy atom. The standard InChI is InChI=1S/C15H20F3N3O2S/c1-20(24(22,23)13-4-5-13)12-3-2-8-21(10-12)11-6-7-19-14(9-11)15(16,17)18/h6-7,9,12-13H,2-5,8,10H2,1H3. The number of likely N-dealkylation sites (N-methyl/N-ethyl adjacent to an activating group) is 1. The molecule has 0 radical (unpaired) electrons. The molecular weight excluding hydrogens is 343 g/mol. The van der Waals surface area contributed by atoms with Crippen molar-refractivity contribution in [3.8, 4) is 0 Å². The lowest BCUT2D eigenvalue weighted by Gasteiger charge is -2.38. The Balaban J connectivity index is 1.76. The molecule has 9 heteroatoms. The van der Waals surface area contributed by atoms with Gasteiger partial charge in [0.25, 0.3) is 0 Å². The van der Waals surface area contributed by atoms with E-state index in [1.807, 2.05) is 4.90 Å². The van der Waals surface area contributed by atoms with Gasteiger partial charge >= 0.3 is 6.18 Å². The minimum atomic E-state index is -4.49. The summed E-state index contributed by atoms with van der Waals surface area (Å²) in [7, 11) is -1.71. The zero-order valence-electron chi connectivity index (χ0n) is 13.3. The molecule has 24 heavy (non-hydrogen) atoms. The number of piperidine rings is 1. The van der Waals surface area contributed by atoms with Crippen molar-refractivity contribution in [2.75, 3.05) is 25.0 Å². The quantitative estimate of drug-likeness (QED) is 0.825. The topological polar surface area (TPSA) is 53.5 Å². The van der Waals surface area contributed by atoms with Crippen LogP contribution in [0.4, 0.5) is 18.9 Å². The highest BCUT2D eigenvalue weighted by Crippen LogP contribution is 2.34. The molecule has 5 nitrogen and oxygen atoms in total. The zero-order valence-corrected chi connectivity index (χ0v) is 14.1. The number of rotatable bonds is 4. The van der Waals surface area contributed by atoms with Gasteiger partial charge < -0.3 is 4.90 Å². The van der Waals surface area contributed by atoms with Gasteiger partial charge in [-0.3, -0.25) is 4.98 Å². The third-order valence-corrected chi connectivity index (χ3v) is 7.07. The Morgan fingerprint density at radius 1 is 1.29 bits per heavy atom. The fourth-order valence-electron chi connectivity index (χ4n) is 3.07. The molecule has 2 fully saturated rings. The molecule has 3 rings (SSSR count). The van der Waals surface area contributed by atoms with Crippen molar-refractivity contribution >= 4 is 15.7 Å². The summed E-state index contributed by atoms with van der Waals surface area (Å²) >= 11 is 0. The summed E-state index contributed by atoms with van der Waals surface area (Å²) < 4.78 is 64.6. The van der Waals surface area contributed by atoms with Crippen LogP contribution in [0.2, 0.25) is 0 Å². The number of aromatic nitrogens is 1. The molecule has 0 aromatic carbocycles. The van der Waals surface area contributed by atoms with Crippen LogP contribution in [-0.4, -0.2) is 49.1 Å². The van der Waals surface area contributed by atoms with E-state index < -0.39 is 21.9 Å². The maximum absolute atomic E-state index is 12.8. The van der Waals surface area contributed by atoms with Gasteiger partial charge in [0.05, 0.1) is 5.25 Å². The van der Waals surface area contributed by atoms with Gasteiger partial charge in [-0.05, 0) is 37.8 Å². The minimum absolute atomic E-state index is 0.216. The summed E-state index contributed by atoms with van der Waals surface area (Å²) in [5, 5.41) is -0.282. The second-order valence-electron chi connectivity index (χ2n) is 6.40. The SMILES string of the molecule is CN(C1CCCN(c2ccnc(C(F)(F)F)c2)C1)S(=O)(=O)C1CC1. The third-order valence-electron chi connectivity index (χ3n) is 4.66. The number of sulfonamides is 1. The molecule has 1 aromatic heterocycles. The van der Waals surface area contributed by atoms with E-state index in [4.69, 9.17) is 0 Å². The van der Waals surface area contributed by atoms with Gasteiger partial charge in [0.15, 0.2) is 0 Å². The highest BCUT2D eigenvalue weighted by Gasteiger charge is 2.42. The Kier molecular flexibility index (Phi) is 4.50. The van der Waals surface area contributed by atoms with Gasteiger partial charge in [-0.2, -0.15) is 17.5 Å². The normalized spacial score (nSPS) is 22.9. The van der Waals surface area contributed by atoms with E-state index in [2.05, 4.69) is 4.98 Å². The van der Waals surface area contributed by atoms with Crippen molar-refractivity contribution in [2.24, 2.45) is 0 Å². The summed E-state index contributed by atoms with van der Waals surface area (Å²) in [6.07, 6.45) is -0.496. The number of nitrogens with zero attached hydrogens (tertiary/aromatic N) is 3. The fourth-order valence-corrected chi connectivity index (χ4v) is 4.86. The smallest absolute Gasteiger partial charge is 0.370 e. The lowest BCUT2D eigenvalue weighted by molar-refractivity contribution is -0.141. The maximum Gasteiger partial charge on any atom is 0.433 e. The Hall–Kier alpha value is -1.35. The van der Waals surface area contributed by atoms with Crippen LogP contribution >= 0.6 is 0 Å². The first-order valence-electron chi connectivity index (χ1n) is 7.94. The third kappa shape index (κ3) is 3.51. The highest BCUT2D eigenvalue weighted by atomic mass is 32.2. The number of alkyl halides is 3. The van der Waals surface area contributed by atoms with Gasteiger partial charge in [0.1, 0.15) is 5.69 Å². The molecule has 1 saturated carbocycles. The number of hydrogen-bond donors (Lipinski definition) is 0. The second-order valence-corrected chi connectivity index (χ2v) is 8.67. The molecule has 1 aromatic rings. The molecule has 0 N–H and O–H groups in total. The minimum Gasteiger partial charge on any atom is -0.370 e. The number of anilines is 1. The molecule has 1 aliphatic heterocycles. The molecule has 2 heterocycles. The van der Waals surface area contributed by atoms with Crippen LogP contribution in [0.3, 0.4) is 0 Å². The van der Waals surface area contributed by atoms with E-state index >= 15 is 0 Å². The first-order valence-corrected chi connectivity index (χ1v) is 9.45. The average Bonchev–Trinajstić information content (AvgIpc) is 3.39. The van der Waals surface area contributed by atoms with E-state index in [0.717, 1.165) is 25.1 Å². The highest BCUT2D eigenvalue weighted by molar-refractivity contribution is 7.90.